The molecule has 198 valence electrons. The molecule has 1 aliphatic heterocycles. The van der Waals surface area contributed by atoms with Gasteiger partial charge in [-0.25, -0.2) is 13.9 Å². The molecule has 1 N–H and O–H groups in total. The van der Waals surface area contributed by atoms with Crippen molar-refractivity contribution in [1.29, 1.82) is 0 Å². The van der Waals surface area contributed by atoms with Crippen LogP contribution in [0, 0.1) is 12.7 Å². The van der Waals surface area contributed by atoms with Gasteiger partial charge in [0.05, 0.1) is 29.7 Å². The minimum absolute atomic E-state index is 0.284. The summed E-state index contributed by atoms with van der Waals surface area (Å²) < 4.78 is 54.2. The van der Waals surface area contributed by atoms with Gasteiger partial charge in [0.2, 0.25) is 0 Å². The highest BCUT2D eigenvalue weighted by molar-refractivity contribution is 8.20. The van der Waals surface area contributed by atoms with E-state index < -0.39 is 16.7 Å². The first-order chi connectivity index (χ1) is 18.2. The molecule has 0 radical (unpaired) electrons. The van der Waals surface area contributed by atoms with Crippen LogP contribution in [0.3, 0.4) is 0 Å². The maximum Gasteiger partial charge on any atom is 0.390 e. The Hall–Kier alpha value is -2.72. The first kappa shape index (κ1) is 25.6. The van der Waals surface area contributed by atoms with Gasteiger partial charge >= 0.3 is 6.18 Å². The standard InChI is InChI=1S/C28H26F4N4S2/c1-17-13-19(7-8-22(17)18-5-6-18)24-16-34-26-23(33-10-9-27(30,31)32)15-25(35-36(24)26)28(37-11-12-38-28)20-3-2-4-21(29)14-20/h2-4,7-8,13-16,18,33H,5-6,9-12H2,1H3. The Morgan fingerprint density at radius 2 is 1.87 bits per heavy atom. The number of thioether (sulfide) groups is 2. The van der Waals surface area contributed by atoms with Crippen molar-refractivity contribution in [3.63, 3.8) is 0 Å². The summed E-state index contributed by atoms with van der Waals surface area (Å²) in [5, 5.41) is 7.98. The molecule has 2 aliphatic rings. The number of benzene rings is 2. The third-order valence-corrected chi connectivity index (χ3v) is 10.5. The minimum atomic E-state index is -4.28. The number of rotatable bonds is 7. The van der Waals surface area contributed by atoms with E-state index >= 15 is 0 Å². The number of anilines is 1. The molecule has 6 rings (SSSR count). The molecule has 0 atom stereocenters. The van der Waals surface area contributed by atoms with Crippen molar-refractivity contribution < 1.29 is 17.6 Å². The van der Waals surface area contributed by atoms with Crippen molar-refractivity contribution in [3.05, 3.63) is 82.9 Å². The van der Waals surface area contributed by atoms with Crippen LogP contribution in [-0.2, 0) is 4.08 Å². The summed E-state index contributed by atoms with van der Waals surface area (Å²) in [5.74, 6) is 1.98. The van der Waals surface area contributed by atoms with Gasteiger partial charge in [-0.3, -0.25) is 0 Å². The summed E-state index contributed by atoms with van der Waals surface area (Å²) in [6.45, 7) is 1.82. The Balaban J connectivity index is 1.49. The largest absolute Gasteiger partial charge is 0.390 e. The number of nitrogens with one attached hydrogen (secondary N) is 1. The molecule has 3 heterocycles. The fourth-order valence-electron chi connectivity index (χ4n) is 5.05. The predicted molar refractivity (Wildman–Crippen MR) is 146 cm³/mol. The molecule has 4 aromatic rings. The first-order valence-electron chi connectivity index (χ1n) is 12.6. The van der Waals surface area contributed by atoms with Crippen LogP contribution in [-0.4, -0.2) is 38.8 Å². The monoisotopic (exact) mass is 558 g/mol. The molecule has 1 aliphatic carbocycles. The molecular weight excluding hydrogens is 532 g/mol. The lowest BCUT2D eigenvalue weighted by atomic mass is 10.0. The number of hydrogen-bond donors (Lipinski definition) is 1. The molecule has 38 heavy (non-hydrogen) atoms. The van der Waals surface area contributed by atoms with E-state index in [1.54, 1.807) is 46.4 Å². The van der Waals surface area contributed by atoms with Gasteiger partial charge in [0.25, 0.3) is 0 Å². The van der Waals surface area contributed by atoms with Crippen LogP contribution in [0.15, 0.2) is 54.7 Å². The lowest BCUT2D eigenvalue weighted by Gasteiger charge is -2.28. The Kier molecular flexibility index (Phi) is 6.58. The fourth-order valence-corrected chi connectivity index (χ4v) is 8.21. The highest BCUT2D eigenvalue weighted by atomic mass is 32.2. The van der Waals surface area contributed by atoms with Gasteiger partial charge in [0.1, 0.15) is 9.90 Å². The van der Waals surface area contributed by atoms with Crippen LogP contribution in [0.4, 0.5) is 23.2 Å². The zero-order valence-corrected chi connectivity index (χ0v) is 22.3. The van der Waals surface area contributed by atoms with Crippen LogP contribution < -0.4 is 5.32 Å². The second-order valence-electron chi connectivity index (χ2n) is 9.78. The Morgan fingerprint density at radius 3 is 2.55 bits per heavy atom. The molecule has 0 unspecified atom stereocenters. The topological polar surface area (TPSA) is 42.2 Å². The fraction of sp³-hybridized carbons (Fsp3) is 0.357. The van der Waals surface area contributed by atoms with E-state index in [-0.39, 0.29) is 12.4 Å². The van der Waals surface area contributed by atoms with Gasteiger partial charge in [0.15, 0.2) is 5.65 Å². The molecule has 10 heteroatoms. The van der Waals surface area contributed by atoms with Crippen molar-refractivity contribution in [2.75, 3.05) is 23.4 Å². The number of halogens is 4. The maximum atomic E-state index is 14.3. The zero-order chi connectivity index (χ0) is 26.5. The van der Waals surface area contributed by atoms with Crippen molar-refractivity contribution in [3.8, 4) is 11.3 Å². The molecule has 0 spiro atoms. The van der Waals surface area contributed by atoms with Gasteiger partial charge < -0.3 is 5.32 Å². The van der Waals surface area contributed by atoms with E-state index in [0.29, 0.717) is 22.9 Å². The number of hydrogen-bond acceptors (Lipinski definition) is 5. The van der Waals surface area contributed by atoms with Gasteiger partial charge in [-0.1, -0.05) is 24.3 Å². The summed E-state index contributed by atoms with van der Waals surface area (Å²) in [6.07, 6.45) is -1.10. The van der Waals surface area contributed by atoms with E-state index in [9.17, 15) is 17.6 Å². The van der Waals surface area contributed by atoms with E-state index in [2.05, 4.69) is 35.4 Å². The molecule has 4 nitrogen and oxygen atoms in total. The van der Waals surface area contributed by atoms with Crippen LogP contribution in [0.5, 0.6) is 0 Å². The molecular formula is C28H26F4N4S2. The summed E-state index contributed by atoms with van der Waals surface area (Å²) >= 11 is 3.32. The SMILES string of the molecule is Cc1cc(-c2cnc3c(NCCC(F)(F)F)cc(C4(c5cccc(F)c5)SCCS4)nn23)ccc1C1CC1. The van der Waals surface area contributed by atoms with Crippen LogP contribution >= 0.6 is 23.5 Å². The average molecular weight is 559 g/mol. The highest BCUT2D eigenvalue weighted by Crippen LogP contribution is 2.56. The summed E-state index contributed by atoms with van der Waals surface area (Å²) in [7, 11) is 0. The second-order valence-corrected chi connectivity index (χ2v) is 12.7. The van der Waals surface area contributed by atoms with E-state index in [1.165, 1.54) is 36.1 Å². The van der Waals surface area contributed by atoms with E-state index in [4.69, 9.17) is 5.10 Å². The number of nitrogens with zero attached hydrogens (tertiary/aromatic N) is 3. The van der Waals surface area contributed by atoms with E-state index in [1.807, 2.05) is 6.07 Å². The molecule has 0 amide bonds. The van der Waals surface area contributed by atoms with Crippen LogP contribution in [0.1, 0.15) is 47.6 Å². The number of fused-ring (bicyclic) bond motifs is 1. The Bertz CT molecular complexity index is 1490. The third-order valence-electron chi connectivity index (χ3n) is 7.01. The highest BCUT2D eigenvalue weighted by Gasteiger charge is 2.42. The maximum absolute atomic E-state index is 14.3. The Labute approximate surface area is 226 Å². The third kappa shape index (κ3) is 4.88. The summed E-state index contributed by atoms with van der Waals surface area (Å²) in [6, 6.07) is 14.6. The molecule has 2 fully saturated rings. The van der Waals surface area contributed by atoms with Crippen molar-refractivity contribution >= 4 is 34.9 Å². The lowest BCUT2D eigenvalue weighted by molar-refractivity contribution is -0.131. The number of alkyl halides is 3. The second kappa shape index (κ2) is 9.79. The van der Waals surface area contributed by atoms with Gasteiger partial charge in [-0.05, 0) is 66.6 Å². The van der Waals surface area contributed by atoms with Crippen molar-refractivity contribution in [2.45, 2.75) is 42.4 Å². The summed E-state index contributed by atoms with van der Waals surface area (Å²) in [4.78, 5) is 4.57. The van der Waals surface area contributed by atoms with Crippen LogP contribution in [0.25, 0.3) is 16.9 Å². The summed E-state index contributed by atoms with van der Waals surface area (Å²) in [5.41, 5.74) is 6.60. The number of aromatic nitrogens is 3. The van der Waals surface area contributed by atoms with Gasteiger partial charge in [-0.2, -0.15) is 18.3 Å². The molecule has 2 aromatic heterocycles. The average Bonchev–Trinajstić information content (AvgIpc) is 3.42. The van der Waals surface area contributed by atoms with Crippen molar-refractivity contribution in [2.24, 2.45) is 0 Å². The van der Waals surface area contributed by atoms with Gasteiger partial charge in [-0.15, -0.1) is 23.5 Å². The number of imidazole rings is 1. The smallest absolute Gasteiger partial charge is 0.382 e. The molecule has 1 saturated heterocycles. The molecule has 1 saturated carbocycles. The minimum Gasteiger partial charge on any atom is -0.382 e. The lowest BCUT2D eigenvalue weighted by Crippen LogP contribution is -2.21. The quantitative estimate of drug-likeness (QED) is 0.235. The van der Waals surface area contributed by atoms with Gasteiger partial charge in [0, 0.05) is 23.6 Å². The predicted octanol–water partition coefficient (Wildman–Crippen LogP) is 7.77. The first-order valence-corrected chi connectivity index (χ1v) is 14.6. The zero-order valence-electron chi connectivity index (χ0n) is 20.7. The normalized spacial score (nSPS) is 17.3. The van der Waals surface area contributed by atoms with E-state index in [0.717, 1.165) is 28.3 Å². The Morgan fingerprint density at radius 1 is 1.08 bits per heavy atom. The molecule has 2 aromatic carbocycles. The molecule has 0 bridgehead atoms. The number of aryl methyl sites for hydroxylation is 1. The van der Waals surface area contributed by atoms with Crippen molar-refractivity contribution in [1.82, 2.24) is 14.6 Å². The van der Waals surface area contributed by atoms with Crippen LogP contribution in [0.2, 0.25) is 0 Å².